The Morgan fingerprint density at radius 3 is 2.79 bits per heavy atom. The normalized spacial score (nSPS) is 18.8. The molecule has 2 amide bonds. The fourth-order valence-electron chi connectivity index (χ4n) is 4.49. The summed E-state index contributed by atoms with van der Waals surface area (Å²) in [5.74, 6) is 0.378. The molecule has 4 rings (SSSR count). The van der Waals surface area contributed by atoms with E-state index in [2.05, 4.69) is 15.3 Å². The molecular weight excluding hydrogens is 473 g/mol. The molecule has 12 heteroatoms. The average Bonchev–Trinajstić information content (AvgIpc) is 3.39. The van der Waals surface area contributed by atoms with Gasteiger partial charge in [0.25, 0.3) is 0 Å². The van der Waals surface area contributed by atoms with Crippen LogP contribution in [0.5, 0.6) is 0 Å². The molecule has 2 aromatic rings. The molecule has 2 aliphatic rings. The lowest BCUT2D eigenvalue weighted by Crippen LogP contribution is -2.44. The van der Waals surface area contributed by atoms with Crippen LogP contribution in [-0.2, 0) is 24.0 Å². The molecule has 0 unspecified atom stereocenters. The van der Waals surface area contributed by atoms with Crippen LogP contribution in [0, 0.1) is 0 Å². The molecule has 1 aromatic heterocycles. The van der Waals surface area contributed by atoms with Crippen molar-refractivity contribution in [1.29, 1.82) is 0 Å². The van der Waals surface area contributed by atoms with Crippen LogP contribution in [0.15, 0.2) is 18.2 Å². The van der Waals surface area contributed by atoms with Crippen LogP contribution < -0.4 is 11.1 Å². The number of nitrogens with zero attached hydrogens (tertiary/aromatic N) is 4. The Kier molecular flexibility index (Phi) is 6.77. The minimum absolute atomic E-state index is 0.00950. The second kappa shape index (κ2) is 9.46. The fraction of sp³-hybridized carbons (Fsp3) is 0.500. The van der Waals surface area contributed by atoms with E-state index in [-0.39, 0.29) is 36.1 Å². The Hall–Kier alpha value is -2.79. The molecule has 184 valence electrons. The second-order valence-corrected chi connectivity index (χ2v) is 8.94. The van der Waals surface area contributed by atoms with Crippen LogP contribution in [0.3, 0.4) is 0 Å². The van der Waals surface area contributed by atoms with Crippen LogP contribution in [0.1, 0.15) is 48.2 Å². The van der Waals surface area contributed by atoms with E-state index in [9.17, 15) is 18.0 Å². The lowest BCUT2D eigenvalue weighted by molar-refractivity contribution is -0.137. The van der Waals surface area contributed by atoms with Crippen molar-refractivity contribution in [2.45, 2.75) is 51.1 Å². The van der Waals surface area contributed by atoms with Crippen LogP contribution in [0.25, 0.3) is 0 Å². The summed E-state index contributed by atoms with van der Waals surface area (Å²) in [6.45, 7) is 3.37. The first kappa shape index (κ1) is 24.3. The van der Waals surface area contributed by atoms with Crippen molar-refractivity contribution < 1.29 is 22.7 Å². The molecule has 2 atom stereocenters. The van der Waals surface area contributed by atoms with Gasteiger partial charge in [-0.1, -0.05) is 0 Å². The third-order valence-corrected chi connectivity index (χ3v) is 6.33. The number of nitrogen functional groups attached to an aromatic ring is 1. The zero-order valence-corrected chi connectivity index (χ0v) is 19.6. The number of aromatic nitrogens is 2. The van der Waals surface area contributed by atoms with Gasteiger partial charge in [-0.15, -0.1) is 0 Å². The van der Waals surface area contributed by atoms with Gasteiger partial charge in [0.1, 0.15) is 5.82 Å². The predicted molar refractivity (Wildman–Crippen MR) is 121 cm³/mol. The molecule has 1 aromatic carbocycles. The Bertz CT molecular complexity index is 1080. The molecule has 0 radical (unpaired) electrons. The molecule has 1 fully saturated rings. The first-order valence-electron chi connectivity index (χ1n) is 10.9. The SMILES string of the molecule is COC[C@H]1CCCN1C(=O)N1Cc2nc(Cl)nc(N[C@H](C)c3cc(N)cc(C(F)(F)F)c3)c2C1. The number of benzene rings is 1. The van der Waals surface area contributed by atoms with E-state index < -0.39 is 17.8 Å². The molecule has 0 spiro atoms. The quantitative estimate of drug-likeness (QED) is 0.467. The van der Waals surface area contributed by atoms with Gasteiger partial charge in [0.2, 0.25) is 5.28 Å². The Labute approximate surface area is 200 Å². The van der Waals surface area contributed by atoms with Gasteiger partial charge < -0.3 is 25.6 Å². The van der Waals surface area contributed by atoms with Crippen molar-refractivity contribution in [3.63, 3.8) is 0 Å². The van der Waals surface area contributed by atoms with Gasteiger partial charge >= 0.3 is 12.2 Å². The number of carbonyl (C=O) groups excluding carboxylic acids is 1. The Balaban J connectivity index is 1.55. The maximum absolute atomic E-state index is 13.2. The van der Waals surface area contributed by atoms with Gasteiger partial charge in [-0.3, -0.25) is 0 Å². The van der Waals surface area contributed by atoms with Crippen molar-refractivity contribution >= 4 is 29.1 Å². The zero-order valence-electron chi connectivity index (χ0n) is 18.8. The number of alkyl halides is 3. The summed E-state index contributed by atoms with van der Waals surface area (Å²) >= 11 is 6.13. The summed E-state index contributed by atoms with van der Waals surface area (Å²) in [5.41, 5.74) is 6.54. The van der Waals surface area contributed by atoms with Crippen molar-refractivity contribution in [3.8, 4) is 0 Å². The van der Waals surface area contributed by atoms with E-state index in [1.165, 1.54) is 6.07 Å². The van der Waals surface area contributed by atoms with Crippen LogP contribution in [-0.4, -0.2) is 52.1 Å². The number of methoxy groups -OCH3 is 1. The molecule has 3 N–H and O–H groups in total. The van der Waals surface area contributed by atoms with Gasteiger partial charge in [0.05, 0.1) is 43.0 Å². The number of amides is 2. The summed E-state index contributed by atoms with van der Waals surface area (Å²) in [5, 5.41) is 3.12. The second-order valence-electron chi connectivity index (χ2n) is 8.60. The molecule has 0 aliphatic carbocycles. The average molecular weight is 499 g/mol. The lowest BCUT2D eigenvalue weighted by atomic mass is 10.0. The highest BCUT2D eigenvalue weighted by Crippen LogP contribution is 2.35. The number of likely N-dealkylation sites (tertiary alicyclic amines) is 1. The maximum Gasteiger partial charge on any atom is 0.416 e. The first-order chi connectivity index (χ1) is 16.1. The smallest absolute Gasteiger partial charge is 0.399 e. The van der Waals surface area contributed by atoms with Crippen LogP contribution >= 0.6 is 11.6 Å². The van der Waals surface area contributed by atoms with E-state index in [4.69, 9.17) is 22.1 Å². The molecule has 2 aliphatic heterocycles. The lowest BCUT2D eigenvalue weighted by Gasteiger charge is -2.28. The van der Waals surface area contributed by atoms with Crippen molar-refractivity contribution in [2.24, 2.45) is 0 Å². The van der Waals surface area contributed by atoms with Crippen LogP contribution in [0.2, 0.25) is 5.28 Å². The standard InChI is InChI=1S/C22H26ClF3N6O2/c1-12(13-6-14(22(24,25)26)8-15(27)7-13)28-19-17-9-31(10-18(17)29-20(23)30-19)21(33)32-5-3-4-16(32)11-34-2/h6-8,12,16H,3-5,9-11,27H2,1-2H3,(H,28,29,30)/t12-,16-/m1/s1. The summed E-state index contributed by atoms with van der Waals surface area (Å²) in [6.07, 6.45) is -2.71. The van der Waals surface area contributed by atoms with E-state index in [0.29, 0.717) is 35.8 Å². The number of nitrogens with one attached hydrogen (secondary N) is 1. The minimum Gasteiger partial charge on any atom is -0.399 e. The number of rotatable bonds is 5. The monoisotopic (exact) mass is 498 g/mol. The van der Waals surface area contributed by atoms with Gasteiger partial charge in [-0.05, 0) is 55.1 Å². The summed E-state index contributed by atoms with van der Waals surface area (Å²) < 4.78 is 44.9. The summed E-state index contributed by atoms with van der Waals surface area (Å²) in [4.78, 5) is 25.2. The summed E-state index contributed by atoms with van der Waals surface area (Å²) in [6, 6.07) is 2.78. The Morgan fingerprint density at radius 2 is 2.09 bits per heavy atom. The molecule has 34 heavy (non-hydrogen) atoms. The van der Waals surface area contributed by atoms with Crippen LogP contribution in [0.4, 0.5) is 29.5 Å². The van der Waals surface area contributed by atoms with E-state index in [1.54, 1.807) is 18.9 Å². The first-order valence-corrected chi connectivity index (χ1v) is 11.3. The third-order valence-electron chi connectivity index (χ3n) is 6.17. The number of urea groups is 1. The van der Waals surface area contributed by atoms with E-state index in [0.717, 1.165) is 25.0 Å². The topological polar surface area (TPSA) is 96.6 Å². The van der Waals surface area contributed by atoms with Gasteiger partial charge in [0.15, 0.2) is 0 Å². The van der Waals surface area contributed by atoms with Gasteiger partial charge in [0, 0.05) is 24.9 Å². The molecule has 1 saturated heterocycles. The number of carbonyl (C=O) groups is 1. The maximum atomic E-state index is 13.2. The van der Waals surface area contributed by atoms with Crippen molar-refractivity contribution in [1.82, 2.24) is 19.8 Å². The zero-order chi connectivity index (χ0) is 24.6. The number of halogens is 4. The Morgan fingerprint density at radius 1 is 1.32 bits per heavy atom. The number of ether oxygens (including phenoxy) is 1. The minimum atomic E-state index is -4.51. The van der Waals surface area contributed by atoms with Gasteiger partial charge in [-0.25, -0.2) is 14.8 Å². The largest absolute Gasteiger partial charge is 0.416 e. The number of hydrogen-bond donors (Lipinski definition) is 2. The number of fused-ring (bicyclic) bond motifs is 1. The third kappa shape index (κ3) is 5.00. The molecular formula is C22H26ClF3N6O2. The summed E-state index contributed by atoms with van der Waals surface area (Å²) in [7, 11) is 1.61. The number of hydrogen-bond acceptors (Lipinski definition) is 6. The molecule has 0 saturated carbocycles. The van der Waals surface area contributed by atoms with E-state index in [1.807, 2.05) is 4.90 Å². The highest BCUT2D eigenvalue weighted by Gasteiger charge is 2.36. The number of anilines is 2. The fourth-order valence-corrected chi connectivity index (χ4v) is 4.68. The molecule has 8 nitrogen and oxygen atoms in total. The highest BCUT2D eigenvalue weighted by molar-refractivity contribution is 6.28. The number of nitrogens with two attached hydrogens (primary N) is 1. The molecule has 0 bridgehead atoms. The van der Waals surface area contributed by atoms with Crippen molar-refractivity contribution in [3.05, 3.63) is 45.9 Å². The van der Waals surface area contributed by atoms with Crippen molar-refractivity contribution in [2.75, 3.05) is 31.3 Å². The van der Waals surface area contributed by atoms with E-state index >= 15 is 0 Å². The highest BCUT2D eigenvalue weighted by atomic mass is 35.5. The molecule has 3 heterocycles. The predicted octanol–water partition coefficient (Wildman–Crippen LogP) is 4.45. The van der Waals surface area contributed by atoms with Gasteiger partial charge in [-0.2, -0.15) is 13.2 Å².